The fourth-order valence-corrected chi connectivity index (χ4v) is 1.42. The minimum atomic E-state index is 0.455. The standard InChI is InChI=1S/C9H8Cl2N2/c10-6-1-2-7(8(11)5-6)9(13)3-4-12/h1-5,12H,13H2. The molecule has 0 fully saturated rings. The zero-order chi connectivity index (χ0) is 9.84. The summed E-state index contributed by atoms with van der Waals surface area (Å²) in [5.41, 5.74) is 6.78. The number of rotatable bonds is 2. The Morgan fingerprint density at radius 3 is 2.62 bits per heavy atom. The lowest BCUT2D eigenvalue weighted by Gasteiger charge is -2.03. The second kappa shape index (κ2) is 4.30. The third-order valence-electron chi connectivity index (χ3n) is 1.51. The Hall–Kier alpha value is -0.990. The first-order valence-electron chi connectivity index (χ1n) is 3.57. The highest BCUT2D eigenvalue weighted by atomic mass is 35.5. The lowest BCUT2D eigenvalue weighted by atomic mass is 10.1. The van der Waals surface area contributed by atoms with Gasteiger partial charge in [-0.2, -0.15) is 0 Å². The molecule has 0 atom stereocenters. The van der Waals surface area contributed by atoms with Crippen LogP contribution in [0.2, 0.25) is 10.0 Å². The smallest absolute Gasteiger partial charge is 0.0513 e. The van der Waals surface area contributed by atoms with Crippen molar-refractivity contribution in [1.29, 1.82) is 5.41 Å². The van der Waals surface area contributed by atoms with Gasteiger partial charge in [0.15, 0.2) is 0 Å². The maximum absolute atomic E-state index is 6.84. The van der Waals surface area contributed by atoms with Crippen LogP contribution in [0.1, 0.15) is 5.56 Å². The minimum absolute atomic E-state index is 0.455. The van der Waals surface area contributed by atoms with E-state index in [9.17, 15) is 0 Å². The van der Waals surface area contributed by atoms with Crippen molar-refractivity contribution in [3.63, 3.8) is 0 Å². The molecule has 4 heteroatoms. The van der Waals surface area contributed by atoms with Gasteiger partial charge in [0.2, 0.25) is 0 Å². The van der Waals surface area contributed by atoms with E-state index in [0.717, 1.165) is 6.21 Å². The molecule has 0 bridgehead atoms. The summed E-state index contributed by atoms with van der Waals surface area (Å²) in [6.45, 7) is 0. The van der Waals surface area contributed by atoms with Crippen LogP contribution in [0.5, 0.6) is 0 Å². The number of benzene rings is 1. The Kier molecular flexibility index (Phi) is 3.34. The average Bonchev–Trinajstić information content (AvgIpc) is 2.04. The van der Waals surface area contributed by atoms with Crippen LogP contribution in [0.25, 0.3) is 5.70 Å². The van der Waals surface area contributed by atoms with E-state index in [0.29, 0.717) is 21.3 Å². The first kappa shape index (κ1) is 10.1. The van der Waals surface area contributed by atoms with Crippen LogP contribution in [-0.4, -0.2) is 6.21 Å². The van der Waals surface area contributed by atoms with Crippen LogP contribution in [0, 0.1) is 5.41 Å². The van der Waals surface area contributed by atoms with E-state index in [1.807, 2.05) is 0 Å². The summed E-state index contributed by atoms with van der Waals surface area (Å²) >= 11 is 11.6. The third kappa shape index (κ3) is 2.47. The molecule has 0 spiro atoms. The fourth-order valence-electron chi connectivity index (χ4n) is 0.903. The maximum atomic E-state index is 6.84. The van der Waals surface area contributed by atoms with Crippen molar-refractivity contribution < 1.29 is 0 Å². The Labute approximate surface area is 86.5 Å². The van der Waals surface area contributed by atoms with Crippen molar-refractivity contribution in [2.45, 2.75) is 0 Å². The Balaban J connectivity index is 3.15. The van der Waals surface area contributed by atoms with Crippen LogP contribution >= 0.6 is 23.2 Å². The molecule has 2 nitrogen and oxygen atoms in total. The molecule has 0 saturated carbocycles. The minimum Gasteiger partial charge on any atom is -0.398 e. The van der Waals surface area contributed by atoms with Gasteiger partial charge in [0.1, 0.15) is 0 Å². The lowest BCUT2D eigenvalue weighted by molar-refractivity contribution is 1.51. The molecular weight excluding hydrogens is 207 g/mol. The molecule has 0 aliphatic rings. The summed E-state index contributed by atoms with van der Waals surface area (Å²) in [7, 11) is 0. The highest BCUT2D eigenvalue weighted by Gasteiger charge is 2.02. The second-order valence-corrected chi connectivity index (χ2v) is 3.26. The molecule has 68 valence electrons. The largest absolute Gasteiger partial charge is 0.398 e. The van der Waals surface area contributed by atoms with E-state index in [-0.39, 0.29) is 0 Å². The molecule has 1 aromatic carbocycles. The number of halogens is 2. The van der Waals surface area contributed by atoms with Crippen molar-refractivity contribution in [2.24, 2.45) is 5.73 Å². The molecule has 0 aromatic heterocycles. The number of hydrogen-bond donors (Lipinski definition) is 2. The predicted octanol–water partition coefficient (Wildman–Crippen LogP) is 2.94. The Bertz CT molecular complexity index is 359. The lowest BCUT2D eigenvalue weighted by Crippen LogP contribution is -1.97. The molecule has 0 aliphatic heterocycles. The van der Waals surface area contributed by atoms with Gasteiger partial charge < -0.3 is 11.1 Å². The molecule has 3 N–H and O–H groups in total. The van der Waals surface area contributed by atoms with Gasteiger partial charge in [0.05, 0.1) is 5.02 Å². The van der Waals surface area contributed by atoms with Crippen molar-refractivity contribution in [2.75, 3.05) is 0 Å². The van der Waals surface area contributed by atoms with Crippen molar-refractivity contribution in [3.05, 3.63) is 39.9 Å². The molecule has 0 radical (unpaired) electrons. The zero-order valence-electron chi connectivity index (χ0n) is 6.72. The molecule has 1 rings (SSSR count). The van der Waals surface area contributed by atoms with E-state index in [1.54, 1.807) is 18.2 Å². The number of nitrogens with two attached hydrogens (primary N) is 1. The molecule has 0 amide bonds. The van der Waals surface area contributed by atoms with E-state index >= 15 is 0 Å². The SMILES string of the molecule is N=CC=C(N)c1ccc(Cl)cc1Cl. The normalized spacial score (nSPS) is 11.4. The Morgan fingerprint density at radius 2 is 2.08 bits per heavy atom. The van der Waals surface area contributed by atoms with Crippen molar-refractivity contribution in [3.8, 4) is 0 Å². The van der Waals surface area contributed by atoms with Gasteiger partial charge in [0.25, 0.3) is 0 Å². The monoisotopic (exact) mass is 214 g/mol. The summed E-state index contributed by atoms with van der Waals surface area (Å²) in [6, 6.07) is 5.04. The average molecular weight is 215 g/mol. The van der Waals surface area contributed by atoms with E-state index in [2.05, 4.69) is 0 Å². The summed E-state index contributed by atoms with van der Waals surface area (Å²) < 4.78 is 0. The molecule has 0 unspecified atom stereocenters. The fraction of sp³-hybridized carbons (Fsp3) is 0. The molecule has 0 saturated heterocycles. The zero-order valence-corrected chi connectivity index (χ0v) is 8.23. The van der Waals surface area contributed by atoms with Gasteiger partial charge in [-0.25, -0.2) is 0 Å². The van der Waals surface area contributed by atoms with E-state index in [1.165, 1.54) is 6.08 Å². The van der Waals surface area contributed by atoms with Crippen molar-refractivity contribution >= 4 is 35.1 Å². The number of hydrogen-bond acceptors (Lipinski definition) is 2. The molecule has 1 aromatic rings. The molecule has 0 heterocycles. The summed E-state index contributed by atoms with van der Waals surface area (Å²) in [6.07, 6.45) is 2.58. The van der Waals surface area contributed by atoms with Gasteiger partial charge in [0, 0.05) is 22.5 Å². The topological polar surface area (TPSA) is 49.9 Å². The van der Waals surface area contributed by atoms with Crippen LogP contribution in [0.15, 0.2) is 24.3 Å². The third-order valence-corrected chi connectivity index (χ3v) is 2.05. The van der Waals surface area contributed by atoms with Gasteiger partial charge in [-0.15, -0.1) is 0 Å². The summed E-state index contributed by atoms with van der Waals surface area (Å²) in [5.74, 6) is 0. The summed E-state index contributed by atoms with van der Waals surface area (Å²) in [5, 5.41) is 7.90. The quantitative estimate of drug-likeness (QED) is 0.732. The molecular formula is C9H8Cl2N2. The van der Waals surface area contributed by atoms with Gasteiger partial charge in [-0.1, -0.05) is 23.2 Å². The van der Waals surface area contributed by atoms with E-state index < -0.39 is 0 Å². The first-order valence-corrected chi connectivity index (χ1v) is 4.32. The molecule has 0 aliphatic carbocycles. The van der Waals surface area contributed by atoms with Gasteiger partial charge in [-0.05, 0) is 24.3 Å². The van der Waals surface area contributed by atoms with Crippen LogP contribution < -0.4 is 5.73 Å². The van der Waals surface area contributed by atoms with Gasteiger partial charge >= 0.3 is 0 Å². The maximum Gasteiger partial charge on any atom is 0.0513 e. The Morgan fingerprint density at radius 1 is 1.38 bits per heavy atom. The van der Waals surface area contributed by atoms with E-state index in [4.69, 9.17) is 34.3 Å². The second-order valence-electron chi connectivity index (χ2n) is 2.41. The van der Waals surface area contributed by atoms with Crippen LogP contribution in [-0.2, 0) is 0 Å². The first-order chi connectivity index (χ1) is 6.15. The number of nitrogens with one attached hydrogen (secondary N) is 1. The predicted molar refractivity (Wildman–Crippen MR) is 57.4 cm³/mol. The van der Waals surface area contributed by atoms with Crippen LogP contribution in [0.4, 0.5) is 0 Å². The van der Waals surface area contributed by atoms with Crippen molar-refractivity contribution in [1.82, 2.24) is 0 Å². The van der Waals surface area contributed by atoms with Gasteiger partial charge in [-0.3, -0.25) is 0 Å². The number of allylic oxidation sites excluding steroid dienone is 1. The molecule has 13 heavy (non-hydrogen) atoms. The van der Waals surface area contributed by atoms with Crippen LogP contribution in [0.3, 0.4) is 0 Å². The highest BCUT2D eigenvalue weighted by molar-refractivity contribution is 6.35. The highest BCUT2D eigenvalue weighted by Crippen LogP contribution is 2.24. The summed E-state index contributed by atoms with van der Waals surface area (Å²) in [4.78, 5) is 0.